The number of likely N-dealkylation sites (tertiary alicyclic amines) is 1. The van der Waals surface area contributed by atoms with E-state index in [0.717, 1.165) is 13.0 Å². The number of amides is 1. The third-order valence-electron chi connectivity index (χ3n) is 5.15. The summed E-state index contributed by atoms with van der Waals surface area (Å²) >= 11 is 12.0. The molecule has 1 aliphatic rings. The molecule has 0 radical (unpaired) electrons. The van der Waals surface area contributed by atoms with Crippen LogP contribution in [0.25, 0.3) is 0 Å². The van der Waals surface area contributed by atoms with Gasteiger partial charge < -0.3 is 20.3 Å². The van der Waals surface area contributed by atoms with Gasteiger partial charge in [0.05, 0.1) is 16.5 Å². The van der Waals surface area contributed by atoms with E-state index in [1.807, 2.05) is 0 Å². The first kappa shape index (κ1) is 24.3. The van der Waals surface area contributed by atoms with E-state index in [-0.39, 0.29) is 24.9 Å². The summed E-state index contributed by atoms with van der Waals surface area (Å²) in [5.41, 5.74) is 6.30. The van der Waals surface area contributed by atoms with Gasteiger partial charge in [-0.05, 0) is 43.7 Å². The highest BCUT2D eigenvalue weighted by molar-refractivity contribution is 6.42. The second-order valence-corrected chi connectivity index (χ2v) is 8.67. The molecule has 172 valence electrons. The molecule has 32 heavy (non-hydrogen) atoms. The summed E-state index contributed by atoms with van der Waals surface area (Å²) in [4.78, 5) is 25.1. The number of carbonyl (C=O) groups is 2. The van der Waals surface area contributed by atoms with E-state index in [9.17, 15) is 14.7 Å². The predicted molar refractivity (Wildman–Crippen MR) is 123 cm³/mol. The van der Waals surface area contributed by atoms with Crippen LogP contribution in [0.1, 0.15) is 29.3 Å². The topological polar surface area (TPSA) is 102 Å². The van der Waals surface area contributed by atoms with Gasteiger partial charge in [0.15, 0.2) is 5.78 Å². The second kappa shape index (κ2) is 11.0. The Morgan fingerprint density at radius 3 is 2.69 bits per heavy atom. The maximum absolute atomic E-state index is 11.6. The van der Waals surface area contributed by atoms with Gasteiger partial charge in [0, 0.05) is 36.8 Å². The van der Waals surface area contributed by atoms with Gasteiger partial charge in [0.2, 0.25) is 5.91 Å². The summed E-state index contributed by atoms with van der Waals surface area (Å²) in [6.07, 6.45) is 0.0180. The minimum atomic E-state index is -0.743. The number of hydrogen-bond donors (Lipinski definition) is 2. The largest absolute Gasteiger partial charge is 0.491 e. The van der Waals surface area contributed by atoms with Crippen molar-refractivity contribution in [3.8, 4) is 11.5 Å². The van der Waals surface area contributed by atoms with E-state index >= 15 is 0 Å². The maximum Gasteiger partial charge on any atom is 0.221 e. The zero-order valence-electron chi connectivity index (χ0n) is 17.7. The van der Waals surface area contributed by atoms with Crippen molar-refractivity contribution >= 4 is 34.9 Å². The highest BCUT2D eigenvalue weighted by atomic mass is 35.5. The number of rotatable bonds is 10. The Balaban J connectivity index is 1.51. The Morgan fingerprint density at radius 2 is 2.00 bits per heavy atom. The van der Waals surface area contributed by atoms with Crippen LogP contribution < -0.4 is 15.2 Å². The van der Waals surface area contributed by atoms with Crippen LogP contribution in [0.5, 0.6) is 11.5 Å². The summed E-state index contributed by atoms with van der Waals surface area (Å²) in [5, 5.41) is 11.4. The fourth-order valence-corrected chi connectivity index (χ4v) is 3.89. The summed E-state index contributed by atoms with van der Waals surface area (Å²) < 4.78 is 11.7. The van der Waals surface area contributed by atoms with Crippen molar-refractivity contribution in [1.29, 1.82) is 0 Å². The van der Waals surface area contributed by atoms with Gasteiger partial charge in [-0.3, -0.25) is 14.5 Å². The van der Waals surface area contributed by atoms with Crippen molar-refractivity contribution in [2.24, 2.45) is 5.73 Å². The van der Waals surface area contributed by atoms with Crippen LogP contribution in [0.2, 0.25) is 10.0 Å². The van der Waals surface area contributed by atoms with Gasteiger partial charge >= 0.3 is 0 Å². The van der Waals surface area contributed by atoms with Crippen LogP contribution in [0, 0.1) is 0 Å². The first-order valence-electron chi connectivity index (χ1n) is 10.3. The summed E-state index contributed by atoms with van der Waals surface area (Å²) in [7, 11) is 0. The van der Waals surface area contributed by atoms with Gasteiger partial charge in [0.25, 0.3) is 0 Å². The minimum absolute atomic E-state index is 0.0124. The number of nitrogens with two attached hydrogens (primary N) is 1. The van der Waals surface area contributed by atoms with Gasteiger partial charge in [-0.25, -0.2) is 0 Å². The number of aliphatic hydroxyl groups is 1. The smallest absolute Gasteiger partial charge is 0.221 e. The Morgan fingerprint density at radius 1 is 1.22 bits per heavy atom. The van der Waals surface area contributed by atoms with Gasteiger partial charge in [-0.1, -0.05) is 23.2 Å². The van der Waals surface area contributed by atoms with Crippen LogP contribution in [0.4, 0.5) is 0 Å². The fraction of sp³-hybridized carbons (Fsp3) is 0.391. The van der Waals surface area contributed by atoms with E-state index in [1.54, 1.807) is 36.4 Å². The quantitative estimate of drug-likeness (QED) is 0.506. The number of ether oxygens (including phenoxy) is 2. The number of hydrogen-bond acceptors (Lipinski definition) is 6. The normalized spacial score (nSPS) is 17.2. The van der Waals surface area contributed by atoms with Gasteiger partial charge in [-0.2, -0.15) is 0 Å². The molecular weight excluding hydrogens is 455 g/mol. The van der Waals surface area contributed by atoms with Crippen molar-refractivity contribution in [1.82, 2.24) is 4.90 Å². The maximum atomic E-state index is 11.6. The first-order valence-corrected chi connectivity index (χ1v) is 11.0. The monoisotopic (exact) mass is 480 g/mol. The van der Waals surface area contributed by atoms with E-state index in [2.05, 4.69) is 4.90 Å². The molecule has 0 aliphatic carbocycles. The van der Waals surface area contributed by atoms with Crippen LogP contribution in [0.3, 0.4) is 0 Å². The summed E-state index contributed by atoms with van der Waals surface area (Å²) in [5.74, 6) is 0.441. The van der Waals surface area contributed by atoms with Gasteiger partial charge in [-0.15, -0.1) is 0 Å². The molecule has 2 atom stereocenters. The summed E-state index contributed by atoms with van der Waals surface area (Å²) in [6.45, 7) is 3.35. The van der Waals surface area contributed by atoms with Crippen molar-refractivity contribution < 1.29 is 24.2 Å². The number of aliphatic hydroxyl groups excluding tert-OH is 1. The standard InChI is InChI=1S/C23H26Cl2N2O5/c1-14(28)15-2-5-22(16(8-15)9-23(26)30)31-13-17(29)11-27-7-6-19(12-27)32-18-3-4-20(24)21(25)10-18/h2-5,8,10,17,19,29H,6-7,9,11-13H2,1H3,(H2,26,30). The molecule has 0 aromatic heterocycles. The lowest BCUT2D eigenvalue weighted by Gasteiger charge is -2.21. The Labute approximate surface area is 197 Å². The number of carbonyl (C=O) groups excluding carboxylic acids is 2. The third kappa shape index (κ3) is 6.84. The van der Waals surface area contributed by atoms with E-state index in [4.69, 9.17) is 38.4 Å². The number of Topliss-reactive ketones (excluding diaryl/α,β-unsaturated/α-hetero) is 1. The molecule has 3 rings (SSSR count). The Hall–Kier alpha value is -2.32. The third-order valence-corrected chi connectivity index (χ3v) is 5.89. The Kier molecular flexibility index (Phi) is 8.37. The molecule has 1 aliphatic heterocycles. The second-order valence-electron chi connectivity index (χ2n) is 7.85. The molecule has 1 amide bonds. The number of ketones is 1. The molecule has 0 bridgehead atoms. The zero-order chi connectivity index (χ0) is 23.3. The van der Waals surface area contributed by atoms with Crippen molar-refractivity contribution in [3.63, 3.8) is 0 Å². The number of halogens is 2. The first-order chi connectivity index (χ1) is 15.2. The molecule has 2 unspecified atom stereocenters. The van der Waals surface area contributed by atoms with Crippen LogP contribution in [0.15, 0.2) is 36.4 Å². The molecule has 1 heterocycles. The van der Waals surface area contributed by atoms with Crippen LogP contribution in [-0.4, -0.2) is 60.1 Å². The predicted octanol–water partition coefficient (Wildman–Crippen LogP) is 3.12. The van der Waals surface area contributed by atoms with E-state index in [0.29, 0.717) is 45.8 Å². The highest BCUT2D eigenvalue weighted by Gasteiger charge is 2.26. The van der Waals surface area contributed by atoms with Crippen molar-refractivity contribution in [2.45, 2.75) is 32.0 Å². The average molecular weight is 481 g/mol. The molecule has 2 aromatic rings. The molecule has 1 fully saturated rings. The van der Waals surface area contributed by atoms with E-state index in [1.165, 1.54) is 6.92 Å². The fourth-order valence-electron chi connectivity index (χ4n) is 3.60. The highest BCUT2D eigenvalue weighted by Crippen LogP contribution is 2.28. The Bertz CT molecular complexity index is 985. The average Bonchev–Trinajstić information content (AvgIpc) is 3.15. The SMILES string of the molecule is CC(=O)c1ccc(OCC(O)CN2CCC(Oc3ccc(Cl)c(Cl)c3)C2)c(CC(N)=O)c1. The van der Waals surface area contributed by atoms with Crippen molar-refractivity contribution in [3.05, 3.63) is 57.6 Å². The number of primary amides is 1. The molecule has 0 spiro atoms. The molecule has 1 saturated heterocycles. The number of benzene rings is 2. The lowest BCUT2D eigenvalue weighted by atomic mass is 10.0. The molecule has 0 saturated carbocycles. The van der Waals surface area contributed by atoms with E-state index < -0.39 is 12.0 Å². The molecule has 7 nitrogen and oxygen atoms in total. The minimum Gasteiger partial charge on any atom is -0.491 e. The molecular formula is C23H26Cl2N2O5. The number of β-amino-alcohol motifs (C(OH)–C–C–N with tert-alkyl or cyclic N) is 1. The molecule has 3 N–H and O–H groups in total. The zero-order valence-corrected chi connectivity index (χ0v) is 19.2. The van der Waals surface area contributed by atoms with Crippen molar-refractivity contribution in [2.75, 3.05) is 26.2 Å². The molecule has 9 heteroatoms. The number of nitrogens with zero attached hydrogens (tertiary/aromatic N) is 1. The lowest BCUT2D eigenvalue weighted by Crippen LogP contribution is -2.35. The van der Waals surface area contributed by atoms with Crippen LogP contribution in [-0.2, 0) is 11.2 Å². The van der Waals surface area contributed by atoms with Gasteiger partial charge in [0.1, 0.15) is 30.3 Å². The summed E-state index contributed by atoms with van der Waals surface area (Å²) in [6, 6.07) is 10.0. The van der Waals surface area contributed by atoms with Crippen LogP contribution >= 0.6 is 23.2 Å². The molecule has 2 aromatic carbocycles. The lowest BCUT2D eigenvalue weighted by molar-refractivity contribution is -0.117.